The first-order valence-electron chi connectivity index (χ1n) is 7.79. The second-order valence-electron chi connectivity index (χ2n) is 5.99. The predicted octanol–water partition coefficient (Wildman–Crippen LogP) is -4.70. The molecule has 13 nitrogen and oxygen atoms in total. The topological polar surface area (TPSA) is 203 Å². The predicted molar refractivity (Wildman–Crippen MR) is 80.3 cm³/mol. The van der Waals surface area contributed by atoms with Gasteiger partial charge in [-0.15, -0.1) is 0 Å². The van der Waals surface area contributed by atoms with Crippen molar-refractivity contribution in [3.8, 4) is 0 Å². The summed E-state index contributed by atoms with van der Waals surface area (Å²) < 4.78 is 16.7. The molecular formula is C13H20N4O9. The van der Waals surface area contributed by atoms with Gasteiger partial charge in [-0.25, -0.2) is 9.78 Å². The van der Waals surface area contributed by atoms with Crippen molar-refractivity contribution in [1.82, 2.24) is 14.5 Å². The van der Waals surface area contributed by atoms with E-state index in [1.807, 2.05) is 0 Å². The largest absolute Gasteiger partial charge is 0.394 e. The van der Waals surface area contributed by atoms with E-state index in [0.29, 0.717) is 0 Å². The third kappa shape index (κ3) is 3.43. The molecule has 146 valence electrons. The lowest BCUT2D eigenvalue weighted by Gasteiger charge is -2.20. The van der Waals surface area contributed by atoms with Gasteiger partial charge in [-0.05, 0) is 0 Å². The Morgan fingerprint density at radius 1 is 1.12 bits per heavy atom. The number of nitrogen functional groups attached to an aromatic ring is 1. The number of aliphatic hydroxyl groups is 5. The number of nitrogens with two attached hydrogens (primary N) is 1. The molecule has 8 atom stereocenters. The number of hydrogen-bond acceptors (Lipinski definition) is 12. The molecule has 2 aliphatic heterocycles. The van der Waals surface area contributed by atoms with Crippen LogP contribution < -0.4 is 11.4 Å². The van der Waals surface area contributed by atoms with Crippen LogP contribution in [0.3, 0.4) is 0 Å². The van der Waals surface area contributed by atoms with Gasteiger partial charge in [0, 0.05) is 0 Å². The van der Waals surface area contributed by atoms with E-state index in [1.54, 1.807) is 0 Å². The van der Waals surface area contributed by atoms with Gasteiger partial charge < -0.3 is 45.5 Å². The lowest BCUT2D eigenvalue weighted by Crippen LogP contribution is -2.38. The molecule has 0 spiro atoms. The zero-order valence-electron chi connectivity index (χ0n) is 13.4. The van der Waals surface area contributed by atoms with Gasteiger partial charge in [-0.3, -0.25) is 4.57 Å². The Bertz CT molecular complexity index is 688. The quantitative estimate of drug-likeness (QED) is 0.287. The van der Waals surface area contributed by atoms with Gasteiger partial charge in [0.2, 0.25) is 5.95 Å². The van der Waals surface area contributed by atoms with Crippen LogP contribution in [0.25, 0.3) is 0 Å². The molecule has 26 heavy (non-hydrogen) atoms. The van der Waals surface area contributed by atoms with Gasteiger partial charge in [-0.1, -0.05) is 0 Å². The normalized spacial score (nSPS) is 40.2. The Hall–Kier alpha value is -1.71. The minimum absolute atomic E-state index is 0.247. The maximum atomic E-state index is 11.8. The van der Waals surface area contributed by atoms with Crippen molar-refractivity contribution in [3.63, 3.8) is 0 Å². The molecule has 2 saturated heterocycles. The molecule has 2 aliphatic rings. The van der Waals surface area contributed by atoms with Crippen LogP contribution in [0.2, 0.25) is 0 Å². The SMILES string of the molecule is Nc1ncn([C@@H]2O[C@H](CO[C@@H]3O[C@H](CO)[C@@H](O)[C@@H]3O)[C@@H](O)[C@H]2O)c(=O)n1. The highest BCUT2D eigenvalue weighted by Crippen LogP contribution is 2.30. The zero-order chi connectivity index (χ0) is 19.0. The second kappa shape index (κ2) is 7.50. The first-order valence-corrected chi connectivity index (χ1v) is 7.79. The highest BCUT2D eigenvalue weighted by Gasteiger charge is 2.47. The fraction of sp³-hybridized carbons (Fsp3) is 0.769. The molecule has 0 aliphatic carbocycles. The number of anilines is 1. The molecule has 3 heterocycles. The number of aromatic nitrogens is 3. The van der Waals surface area contributed by atoms with Gasteiger partial charge in [-0.2, -0.15) is 4.98 Å². The fourth-order valence-corrected chi connectivity index (χ4v) is 2.82. The first-order chi connectivity index (χ1) is 12.3. The van der Waals surface area contributed by atoms with Crippen molar-refractivity contribution in [3.05, 3.63) is 16.8 Å². The number of rotatable bonds is 5. The maximum absolute atomic E-state index is 11.8. The highest BCUT2D eigenvalue weighted by atomic mass is 16.7. The monoisotopic (exact) mass is 376 g/mol. The van der Waals surface area contributed by atoms with Crippen molar-refractivity contribution in [2.75, 3.05) is 18.9 Å². The third-order valence-corrected chi connectivity index (χ3v) is 4.28. The Morgan fingerprint density at radius 3 is 2.42 bits per heavy atom. The van der Waals surface area contributed by atoms with Gasteiger partial charge >= 0.3 is 5.69 Å². The molecule has 0 radical (unpaired) electrons. The first kappa shape index (κ1) is 19.1. The Kier molecular flexibility index (Phi) is 5.50. The molecule has 0 amide bonds. The summed E-state index contributed by atoms with van der Waals surface area (Å²) in [5.41, 5.74) is 4.48. The lowest BCUT2D eigenvalue weighted by atomic mass is 10.1. The van der Waals surface area contributed by atoms with Crippen molar-refractivity contribution < 1.29 is 39.7 Å². The van der Waals surface area contributed by atoms with E-state index in [1.165, 1.54) is 0 Å². The summed E-state index contributed by atoms with van der Waals surface area (Å²) >= 11 is 0. The van der Waals surface area contributed by atoms with Crippen molar-refractivity contribution in [2.24, 2.45) is 0 Å². The number of nitrogens with zero attached hydrogens (tertiary/aromatic N) is 3. The number of ether oxygens (including phenoxy) is 3. The standard InChI is InChI=1S/C13H20N4O9/c14-12-15-3-17(13(23)16-12)10-8(21)7(20)5(25-10)2-24-11-9(22)6(19)4(1-18)26-11/h3-11,18-22H,1-2H2,(H2,14,16,23)/t4-,5-,6-,7-,8-,9+,10-,11-/m1/s1. The molecule has 0 saturated carbocycles. The number of hydrogen-bond donors (Lipinski definition) is 6. The Balaban J connectivity index is 1.64. The molecule has 0 bridgehead atoms. The third-order valence-electron chi connectivity index (χ3n) is 4.28. The van der Waals surface area contributed by atoms with E-state index in [4.69, 9.17) is 25.1 Å². The van der Waals surface area contributed by atoms with E-state index in [0.717, 1.165) is 10.9 Å². The Labute approximate surface area is 146 Å². The van der Waals surface area contributed by atoms with Crippen LogP contribution in [0, 0.1) is 0 Å². The van der Waals surface area contributed by atoms with E-state index in [-0.39, 0.29) is 12.6 Å². The van der Waals surface area contributed by atoms with E-state index in [2.05, 4.69) is 9.97 Å². The van der Waals surface area contributed by atoms with Crippen LogP contribution in [0.4, 0.5) is 5.95 Å². The second-order valence-corrected chi connectivity index (χ2v) is 5.99. The van der Waals surface area contributed by atoms with E-state index < -0.39 is 61.4 Å². The zero-order valence-corrected chi connectivity index (χ0v) is 13.4. The van der Waals surface area contributed by atoms with Crippen molar-refractivity contribution in [1.29, 1.82) is 0 Å². The molecule has 1 aromatic rings. The van der Waals surface area contributed by atoms with E-state index >= 15 is 0 Å². The molecule has 7 N–H and O–H groups in total. The van der Waals surface area contributed by atoms with Gasteiger partial charge in [0.1, 0.15) is 43.0 Å². The number of aliphatic hydroxyl groups excluding tert-OH is 5. The highest BCUT2D eigenvalue weighted by molar-refractivity contribution is 5.10. The van der Waals surface area contributed by atoms with Crippen molar-refractivity contribution >= 4 is 5.95 Å². The summed E-state index contributed by atoms with van der Waals surface area (Å²) in [6.07, 6.45) is -9.19. The van der Waals surface area contributed by atoms with Crippen LogP contribution in [0.5, 0.6) is 0 Å². The summed E-state index contributed by atoms with van der Waals surface area (Å²) in [5, 5.41) is 48.7. The van der Waals surface area contributed by atoms with Crippen LogP contribution in [0.15, 0.2) is 11.1 Å². The summed E-state index contributed by atoms with van der Waals surface area (Å²) in [6.45, 7) is -0.840. The minimum Gasteiger partial charge on any atom is -0.394 e. The average Bonchev–Trinajstić information content (AvgIpc) is 3.04. The molecule has 0 aromatic carbocycles. The van der Waals surface area contributed by atoms with Crippen molar-refractivity contribution in [2.45, 2.75) is 49.1 Å². The summed E-state index contributed by atoms with van der Waals surface area (Å²) in [6, 6.07) is 0. The molecule has 0 unspecified atom stereocenters. The van der Waals surface area contributed by atoms with Crippen LogP contribution >= 0.6 is 0 Å². The van der Waals surface area contributed by atoms with Gasteiger partial charge in [0.05, 0.1) is 13.2 Å². The summed E-state index contributed by atoms with van der Waals surface area (Å²) in [5.74, 6) is -0.247. The maximum Gasteiger partial charge on any atom is 0.354 e. The van der Waals surface area contributed by atoms with Gasteiger partial charge in [0.15, 0.2) is 12.5 Å². The fourth-order valence-electron chi connectivity index (χ4n) is 2.82. The summed E-state index contributed by atoms with van der Waals surface area (Å²) in [7, 11) is 0. The molecule has 2 fully saturated rings. The van der Waals surface area contributed by atoms with Crippen LogP contribution in [-0.4, -0.2) is 96.2 Å². The molecule has 3 rings (SSSR count). The van der Waals surface area contributed by atoms with Crippen LogP contribution in [0.1, 0.15) is 6.23 Å². The minimum atomic E-state index is -1.47. The van der Waals surface area contributed by atoms with Crippen LogP contribution in [-0.2, 0) is 14.2 Å². The molecular weight excluding hydrogens is 356 g/mol. The molecule has 13 heteroatoms. The molecule has 1 aromatic heterocycles. The Morgan fingerprint density at radius 2 is 1.81 bits per heavy atom. The lowest BCUT2D eigenvalue weighted by molar-refractivity contribution is -0.190. The average molecular weight is 376 g/mol. The van der Waals surface area contributed by atoms with E-state index in [9.17, 15) is 25.2 Å². The van der Waals surface area contributed by atoms with Gasteiger partial charge in [0.25, 0.3) is 0 Å². The smallest absolute Gasteiger partial charge is 0.354 e. The summed E-state index contributed by atoms with van der Waals surface area (Å²) in [4.78, 5) is 18.9.